The maximum atomic E-state index is 9.44. The first-order valence-electron chi connectivity index (χ1n) is 6.15. The number of hydrogen-bond acceptors (Lipinski definition) is 3. The van der Waals surface area contributed by atoms with Crippen LogP contribution in [0, 0.1) is 0 Å². The molecule has 0 unspecified atom stereocenters. The molecule has 0 aliphatic heterocycles. The summed E-state index contributed by atoms with van der Waals surface area (Å²) in [7, 11) is 0. The van der Waals surface area contributed by atoms with Crippen LogP contribution in [0.3, 0.4) is 0 Å². The van der Waals surface area contributed by atoms with Gasteiger partial charge in [-0.1, -0.05) is 13.8 Å². The topological polar surface area (TPSA) is 32.3 Å². The van der Waals surface area contributed by atoms with Crippen LogP contribution in [0.2, 0.25) is 0 Å². The maximum Gasteiger partial charge on any atom is 0.0555 e. The van der Waals surface area contributed by atoms with Gasteiger partial charge in [0.05, 0.1) is 6.10 Å². The van der Waals surface area contributed by atoms with Gasteiger partial charge >= 0.3 is 0 Å². The molecule has 1 saturated carbocycles. The van der Waals surface area contributed by atoms with E-state index in [1.54, 1.807) is 0 Å². The number of thiophene rings is 1. The molecule has 2 nitrogen and oxygen atoms in total. The van der Waals surface area contributed by atoms with E-state index in [2.05, 4.69) is 31.3 Å². The standard InChI is InChI=1S/C13H21NOS/c1-9(2)13-6-5-12(16-13)8-14-10-3-4-11(15)7-10/h5-6,9-11,14-15H,3-4,7-8H2,1-2H3/t10-,11+/m1/s1. The molecule has 3 heteroatoms. The summed E-state index contributed by atoms with van der Waals surface area (Å²) in [6.07, 6.45) is 2.91. The van der Waals surface area contributed by atoms with Crippen LogP contribution < -0.4 is 5.32 Å². The summed E-state index contributed by atoms with van der Waals surface area (Å²) in [5.74, 6) is 0.632. The molecule has 0 spiro atoms. The van der Waals surface area contributed by atoms with E-state index in [4.69, 9.17) is 0 Å². The molecule has 0 amide bonds. The van der Waals surface area contributed by atoms with Crippen molar-refractivity contribution in [1.29, 1.82) is 0 Å². The van der Waals surface area contributed by atoms with E-state index in [9.17, 15) is 5.11 Å². The third kappa shape index (κ3) is 3.06. The third-order valence-corrected chi connectivity index (χ3v) is 4.61. The molecule has 1 heterocycles. The van der Waals surface area contributed by atoms with E-state index in [-0.39, 0.29) is 6.10 Å². The van der Waals surface area contributed by atoms with Crippen molar-refractivity contribution in [3.8, 4) is 0 Å². The van der Waals surface area contributed by atoms with E-state index in [1.807, 2.05) is 11.3 Å². The molecule has 0 bridgehead atoms. The maximum absolute atomic E-state index is 9.44. The molecule has 1 aromatic heterocycles. The quantitative estimate of drug-likeness (QED) is 0.847. The fraction of sp³-hybridized carbons (Fsp3) is 0.692. The molecule has 2 N–H and O–H groups in total. The molecular formula is C13H21NOS. The van der Waals surface area contributed by atoms with E-state index >= 15 is 0 Å². The highest BCUT2D eigenvalue weighted by molar-refractivity contribution is 7.12. The summed E-state index contributed by atoms with van der Waals surface area (Å²) >= 11 is 1.90. The summed E-state index contributed by atoms with van der Waals surface area (Å²) < 4.78 is 0. The lowest BCUT2D eigenvalue weighted by atomic mass is 10.2. The van der Waals surface area contributed by atoms with Gasteiger partial charge in [0.1, 0.15) is 0 Å². The molecule has 1 aromatic rings. The Morgan fingerprint density at radius 2 is 2.25 bits per heavy atom. The molecule has 0 aromatic carbocycles. The van der Waals surface area contributed by atoms with Crippen molar-refractivity contribution in [3.63, 3.8) is 0 Å². The van der Waals surface area contributed by atoms with Gasteiger partial charge in [-0.15, -0.1) is 11.3 Å². The molecule has 16 heavy (non-hydrogen) atoms. The van der Waals surface area contributed by atoms with E-state index < -0.39 is 0 Å². The van der Waals surface area contributed by atoms with Crippen LogP contribution in [-0.2, 0) is 6.54 Å². The van der Waals surface area contributed by atoms with Crippen molar-refractivity contribution in [2.24, 2.45) is 0 Å². The van der Waals surface area contributed by atoms with Crippen molar-refractivity contribution >= 4 is 11.3 Å². The highest BCUT2D eigenvalue weighted by atomic mass is 32.1. The largest absolute Gasteiger partial charge is 0.393 e. The molecule has 90 valence electrons. The lowest BCUT2D eigenvalue weighted by molar-refractivity contribution is 0.179. The van der Waals surface area contributed by atoms with Crippen molar-refractivity contribution < 1.29 is 5.11 Å². The van der Waals surface area contributed by atoms with Crippen molar-refractivity contribution in [3.05, 3.63) is 21.9 Å². The first kappa shape index (κ1) is 12.1. The second kappa shape index (κ2) is 5.30. The fourth-order valence-electron chi connectivity index (χ4n) is 2.19. The summed E-state index contributed by atoms with van der Waals surface area (Å²) in [5.41, 5.74) is 0. The number of rotatable bonds is 4. The van der Waals surface area contributed by atoms with Crippen LogP contribution in [0.15, 0.2) is 12.1 Å². The van der Waals surface area contributed by atoms with E-state index in [0.717, 1.165) is 25.8 Å². The number of nitrogens with one attached hydrogen (secondary N) is 1. The van der Waals surface area contributed by atoms with Crippen LogP contribution in [-0.4, -0.2) is 17.3 Å². The SMILES string of the molecule is CC(C)c1ccc(CN[C@@H]2CC[C@H](O)C2)s1. The van der Waals surface area contributed by atoms with Gasteiger partial charge in [0, 0.05) is 22.3 Å². The number of aliphatic hydroxyl groups is 1. The van der Waals surface area contributed by atoms with Crippen LogP contribution in [0.5, 0.6) is 0 Å². The van der Waals surface area contributed by atoms with E-state index in [1.165, 1.54) is 9.75 Å². The Hall–Kier alpha value is -0.380. The van der Waals surface area contributed by atoms with Gasteiger partial charge in [-0.05, 0) is 37.3 Å². The Labute approximate surface area is 102 Å². The molecule has 1 fully saturated rings. The average molecular weight is 239 g/mol. The molecular weight excluding hydrogens is 218 g/mol. The Kier molecular flexibility index (Phi) is 4.00. The van der Waals surface area contributed by atoms with Crippen LogP contribution in [0.1, 0.15) is 48.8 Å². The predicted molar refractivity (Wildman–Crippen MR) is 68.9 cm³/mol. The minimum Gasteiger partial charge on any atom is -0.393 e. The molecule has 0 saturated heterocycles. The molecule has 2 atom stereocenters. The van der Waals surface area contributed by atoms with Gasteiger partial charge in [0.25, 0.3) is 0 Å². The summed E-state index contributed by atoms with van der Waals surface area (Å²) in [4.78, 5) is 2.87. The Balaban J connectivity index is 1.80. The predicted octanol–water partition coefficient (Wildman–Crippen LogP) is 2.87. The normalized spacial score (nSPS) is 25.5. The van der Waals surface area contributed by atoms with Gasteiger partial charge in [-0.2, -0.15) is 0 Å². The smallest absolute Gasteiger partial charge is 0.0555 e. The highest BCUT2D eigenvalue weighted by Crippen LogP contribution is 2.25. The zero-order chi connectivity index (χ0) is 11.5. The Morgan fingerprint density at radius 3 is 2.81 bits per heavy atom. The van der Waals surface area contributed by atoms with Crippen molar-refractivity contribution in [2.45, 2.75) is 57.7 Å². The Bertz CT molecular complexity index is 334. The minimum absolute atomic E-state index is 0.0768. The van der Waals surface area contributed by atoms with E-state index in [0.29, 0.717) is 12.0 Å². The minimum atomic E-state index is -0.0768. The van der Waals surface area contributed by atoms with Crippen LogP contribution in [0.4, 0.5) is 0 Å². The first-order chi connectivity index (χ1) is 7.65. The summed E-state index contributed by atoms with van der Waals surface area (Å²) in [6, 6.07) is 4.97. The summed E-state index contributed by atoms with van der Waals surface area (Å²) in [5, 5.41) is 13.0. The second-order valence-electron chi connectivity index (χ2n) is 5.00. The Morgan fingerprint density at radius 1 is 1.44 bits per heavy atom. The number of hydrogen-bond donors (Lipinski definition) is 2. The van der Waals surface area contributed by atoms with Crippen molar-refractivity contribution in [2.75, 3.05) is 0 Å². The zero-order valence-corrected chi connectivity index (χ0v) is 10.9. The van der Waals surface area contributed by atoms with Gasteiger partial charge < -0.3 is 10.4 Å². The van der Waals surface area contributed by atoms with Crippen LogP contribution >= 0.6 is 11.3 Å². The lowest BCUT2D eigenvalue weighted by Gasteiger charge is -2.10. The van der Waals surface area contributed by atoms with Gasteiger partial charge in [-0.3, -0.25) is 0 Å². The highest BCUT2D eigenvalue weighted by Gasteiger charge is 2.22. The molecule has 0 radical (unpaired) electrons. The molecule has 2 rings (SSSR count). The van der Waals surface area contributed by atoms with Crippen molar-refractivity contribution in [1.82, 2.24) is 5.32 Å². The third-order valence-electron chi connectivity index (χ3n) is 3.22. The lowest BCUT2D eigenvalue weighted by Crippen LogP contribution is -2.25. The molecule has 1 aliphatic carbocycles. The monoisotopic (exact) mass is 239 g/mol. The summed E-state index contributed by atoms with van der Waals surface area (Å²) in [6.45, 7) is 5.42. The fourth-order valence-corrected chi connectivity index (χ4v) is 3.15. The first-order valence-corrected chi connectivity index (χ1v) is 6.97. The van der Waals surface area contributed by atoms with Gasteiger partial charge in [0.2, 0.25) is 0 Å². The van der Waals surface area contributed by atoms with Gasteiger partial charge in [0.15, 0.2) is 0 Å². The second-order valence-corrected chi connectivity index (χ2v) is 6.20. The molecule has 1 aliphatic rings. The average Bonchev–Trinajstić information content (AvgIpc) is 2.83. The van der Waals surface area contributed by atoms with Gasteiger partial charge in [-0.25, -0.2) is 0 Å². The van der Waals surface area contributed by atoms with Crippen LogP contribution in [0.25, 0.3) is 0 Å². The zero-order valence-electron chi connectivity index (χ0n) is 10.1. The number of aliphatic hydroxyl groups excluding tert-OH is 1.